The number of nitrogens with zero attached hydrogens (tertiary/aromatic N) is 3. The lowest BCUT2D eigenvalue weighted by Crippen LogP contribution is -2.01. The molecule has 2 aromatic heterocycles. The van der Waals surface area contributed by atoms with Crippen molar-refractivity contribution in [3.63, 3.8) is 0 Å². The molecular formula is C9H13N5O. The van der Waals surface area contributed by atoms with Gasteiger partial charge in [-0.1, -0.05) is 5.16 Å². The summed E-state index contributed by atoms with van der Waals surface area (Å²) in [6.45, 7) is 6.36. The largest absolute Gasteiger partial charge is 0.334 e. The smallest absolute Gasteiger partial charge is 0.321 e. The molecule has 0 saturated heterocycles. The monoisotopic (exact) mass is 207 g/mol. The van der Waals surface area contributed by atoms with Gasteiger partial charge in [-0.3, -0.25) is 5.10 Å². The maximum atomic E-state index is 4.94. The Labute approximate surface area is 87.1 Å². The molecule has 0 saturated carbocycles. The molecule has 0 unspecified atom stereocenters. The number of hydrogen-bond acceptors (Lipinski definition) is 5. The summed E-state index contributed by atoms with van der Waals surface area (Å²) in [6, 6.07) is 0.438. The van der Waals surface area contributed by atoms with Gasteiger partial charge in [0, 0.05) is 17.8 Å². The Hall–Kier alpha value is -1.85. The number of aryl methyl sites for hydroxylation is 3. The fourth-order valence-electron chi connectivity index (χ4n) is 1.37. The summed E-state index contributed by atoms with van der Waals surface area (Å²) < 4.78 is 4.94. The molecule has 15 heavy (non-hydrogen) atoms. The highest BCUT2D eigenvalue weighted by Crippen LogP contribution is 2.11. The molecular weight excluding hydrogens is 194 g/mol. The van der Waals surface area contributed by atoms with Gasteiger partial charge < -0.3 is 9.84 Å². The summed E-state index contributed by atoms with van der Waals surface area (Å²) in [4.78, 5) is 4.05. The van der Waals surface area contributed by atoms with E-state index in [4.69, 9.17) is 4.52 Å². The van der Waals surface area contributed by atoms with Crippen molar-refractivity contribution in [3.8, 4) is 0 Å². The molecule has 0 aliphatic rings. The molecule has 0 aliphatic heterocycles. The predicted molar refractivity (Wildman–Crippen MR) is 54.4 cm³/mol. The van der Waals surface area contributed by atoms with Gasteiger partial charge in [0.05, 0.1) is 5.69 Å². The van der Waals surface area contributed by atoms with Gasteiger partial charge in [0.25, 0.3) is 0 Å². The van der Waals surface area contributed by atoms with E-state index in [1.54, 1.807) is 6.92 Å². The lowest BCUT2D eigenvalue weighted by atomic mass is 10.2. The van der Waals surface area contributed by atoms with Crippen molar-refractivity contribution in [2.45, 2.75) is 27.3 Å². The van der Waals surface area contributed by atoms with Gasteiger partial charge in [-0.05, 0) is 20.8 Å². The van der Waals surface area contributed by atoms with Gasteiger partial charge in [0.1, 0.15) is 0 Å². The summed E-state index contributed by atoms with van der Waals surface area (Å²) in [5.41, 5.74) is 3.17. The summed E-state index contributed by atoms with van der Waals surface area (Å²) in [5, 5.41) is 13.8. The van der Waals surface area contributed by atoms with E-state index >= 15 is 0 Å². The van der Waals surface area contributed by atoms with Crippen LogP contribution in [0.25, 0.3) is 0 Å². The number of aromatic nitrogens is 4. The van der Waals surface area contributed by atoms with Crippen LogP contribution < -0.4 is 5.32 Å². The van der Waals surface area contributed by atoms with Crippen LogP contribution in [0, 0.1) is 20.8 Å². The Morgan fingerprint density at radius 2 is 2.13 bits per heavy atom. The Kier molecular flexibility index (Phi) is 2.40. The number of anilines is 1. The third-order valence-electron chi connectivity index (χ3n) is 2.22. The summed E-state index contributed by atoms with van der Waals surface area (Å²) >= 11 is 0. The van der Waals surface area contributed by atoms with Crippen molar-refractivity contribution in [1.82, 2.24) is 20.3 Å². The second-order valence-electron chi connectivity index (χ2n) is 3.41. The number of hydrogen-bond donors (Lipinski definition) is 2. The fraction of sp³-hybridized carbons (Fsp3) is 0.444. The first-order chi connectivity index (χ1) is 7.16. The van der Waals surface area contributed by atoms with Crippen LogP contribution in [0.15, 0.2) is 4.52 Å². The number of nitrogens with one attached hydrogen (secondary N) is 2. The van der Waals surface area contributed by atoms with Crippen molar-refractivity contribution in [1.29, 1.82) is 0 Å². The van der Waals surface area contributed by atoms with Gasteiger partial charge in [0.15, 0.2) is 5.82 Å². The molecule has 2 N–H and O–H groups in total. The SMILES string of the molecule is Cc1noc(NCc2c(C)n[nH]c2C)n1. The number of aromatic amines is 1. The molecule has 0 spiro atoms. The summed E-state index contributed by atoms with van der Waals surface area (Å²) in [5.74, 6) is 0.623. The minimum Gasteiger partial charge on any atom is -0.334 e. The van der Waals surface area contributed by atoms with Crippen molar-refractivity contribution in [3.05, 3.63) is 22.8 Å². The van der Waals surface area contributed by atoms with Crippen molar-refractivity contribution < 1.29 is 4.52 Å². The van der Waals surface area contributed by atoms with Crippen LogP contribution in [0.5, 0.6) is 0 Å². The summed E-state index contributed by atoms with van der Waals surface area (Å²) in [6.07, 6.45) is 0. The van der Waals surface area contributed by atoms with Gasteiger partial charge in [-0.2, -0.15) is 10.1 Å². The molecule has 0 atom stereocenters. The van der Waals surface area contributed by atoms with Gasteiger partial charge >= 0.3 is 6.01 Å². The van der Waals surface area contributed by atoms with E-state index in [0.717, 1.165) is 17.0 Å². The van der Waals surface area contributed by atoms with E-state index in [0.29, 0.717) is 18.4 Å². The van der Waals surface area contributed by atoms with Gasteiger partial charge in [0.2, 0.25) is 0 Å². The highest BCUT2D eigenvalue weighted by molar-refractivity contribution is 5.28. The minimum atomic E-state index is 0.438. The van der Waals surface area contributed by atoms with Gasteiger partial charge in [-0.15, -0.1) is 0 Å². The van der Waals surface area contributed by atoms with Crippen LogP contribution in [-0.4, -0.2) is 20.3 Å². The molecule has 0 aromatic carbocycles. The Balaban J connectivity index is 2.05. The van der Waals surface area contributed by atoms with Crippen molar-refractivity contribution >= 4 is 6.01 Å². The molecule has 6 nitrogen and oxygen atoms in total. The molecule has 0 fully saturated rings. The lowest BCUT2D eigenvalue weighted by Gasteiger charge is -2.00. The third-order valence-corrected chi connectivity index (χ3v) is 2.22. The molecule has 2 heterocycles. The zero-order valence-electron chi connectivity index (χ0n) is 8.96. The number of H-pyrrole nitrogens is 1. The predicted octanol–water partition coefficient (Wildman–Crippen LogP) is 1.33. The average molecular weight is 207 g/mol. The molecule has 2 rings (SSSR count). The van der Waals surface area contributed by atoms with E-state index in [1.807, 2.05) is 13.8 Å². The van der Waals surface area contributed by atoms with Gasteiger partial charge in [-0.25, -0.2) is 0 Å². The van der Waals surface area contributed by atoms with Crippen molar-refractivity contribution in [2.75, 3.05) is 5.32 Å². The van der Waals surface area contributed by atoms with E-state index in [2.05, 4.69) is 25.7 Å². The molecule has 0 aliphatic carbocycles. The molecule has 0 bridgehead atoms. The Morgan fingerprint density at radius 1 is 1.33 bits per heavy atom. The zero-order valence-corrected chi connectivity index (χ0v) is 8.96. The Bertz CT molecular complexity index is 439. The quantitative estimate of drug-likeness (QED) is 0.793. The highest BCUT2D eigenvalue weighted by atomic mass is 16.5. The van der Waals surface area contributed by atoms with Crippen LogP contribution in [0.2, 0.25) is 0 Å². The first-order valence-corrected chi connectivity index (χ1v) is 4.71. The second kappa shape index (κ2) is 3.72. The third kappa shape index (κ3) is 1.98. The Morgan fingerprint density at radius 3 is 2.67 bits per heavy atom. The van der Waals surface area contributed by atoms with Crippen LogP contribution in [-0.2, 0) is 6.54 Å². The van der Waals surface area contributed by atoms with Crippen LogP contribution in [0.3, 0.4) is 0 Å². The fourth-order valence-corrected chi connectivity index (χ4v) is 1.37. The zero-order chi connectivity index (χ0) is 10.8. The minimum absolute atomic E-state index is 0.438. The molecule has 2 aromatic rings. The van der Waals surface area contributed by atoms with E-state index < -0.39 is 0 Å². The maximum Gasteiger partial charge on any atom is 0.321 e. The maximum absolute atomic E-state index is 4.94. The molecule has 6 heteroatoms. The van der Waals surface area contributed by atoms with Crippen LogP contribution in [0.1, 0.15) is 22.8 Å². The first-order valence-electron chi connectivity index (χ1n) is 4.71. The topological polar surface area (TPSA) is 79.6 Å². The normalized spacial score (nSPS) is 10.6. The van der Waals surface area contributed by atoms with Crippen molar-refractivity contribution in [2.24, 2.45) is 0 Å². The van der Waals surface area contributed by atoms with Crippen LogP contribution in [0.4, 0.5) is 6.01 Å². The standard InChI is InChI=1S/C9H13N5O/c1-5-8(6(2)13-12-5)4-10-9-11-7(3)14-15-9/h4H2,1-3H3,(H,12,13)(H,10,11,14). The average Bonchev–Trinajstić information content (AvgIpc) is 2.73. The number of rotatable bonds is 3. The lowest BCUT2D eigenvalue weighted by molar-refractivity contribution is 0.425. The highest BCUT2D eigenvalue weighted by Gasteiger charge is 2.07. The second-order valence-corrected chi connectivity index (χ2v) is 3.41. The first kappa shape index (κ1) is 9.70. The summed E-state index contributed by atoms with van der Waals surface area (Å²) in [7, 11) is 0. The van der Waals surface area contributed by atoms with E-state index in [-0.39, 0.29) is 0 Å². The van der Waals surface area contributed by atoms with Crippen LogP contribution >= 0.6 is 0 Å². The molecule has 0 radical (unpaired) electrons. The molecule has 0 amide bonds. The molecule has 80 valence electrons. The van der Waals surface area contributed by atoms with E-state index in [9.17, 15) is 0 Å². The van der Waals surface area contributed by atoms with E-state index in [1.165, 1.54) is 0 Å².